The zero-order chi connectivity index (χ0) is 9.97. The summed E-state index contributed by atoms with van der Waals surface area (Å²) in [5.74, 6) is 0. The van der Waals surface area contributed by atoms with Crippen molar-refractivity contribution >= 4 is 11.0 Å². The van der Waals surface area contributed by atoms with E-state index >= 15 is 0 Å². The Kier molecular flexibility index (Phi) is 2.55. The quantitative estimate of drug-likeness (QED) is 0.782. The van der Waals surface area contributed by atoms with Crippen molar-refractivity contribution in [1.82, 2.24) is 0 Å². The molecule has 0 amide bonds. The molecule has 2 rings (SSSR count). The number of hydrogen-bond donors (Lipinski definition) is 1. The minimum absolute atomic E-state index is 0.627. The van der Waals surface area contributed by atoms with Crippen LogP contribution in [0.25, 0.3) is 11.0 Å². The van der Waals surface area contributed by atoms with Gasteiger partial charge >= 0.3 is 0 Å². The molecule has 0 saturated heterocycles. The Labute approximate surface area is 83.9 Å². The number of furan rings is 1. The highest BCUT2D eigenvalue weighted by atomic mass is 16.3. The van der Waals surface area contributed by atoms with E-state index < -0.39 is 0 Å². The van der Waals surface area contributed by atoms with Crippen LogP contribution >= 0.6 is 0 Å². The van der Waals surface area contributed by atoms with Crippen LogP contribution in [0.2, 0.25) is 0 Å². The molecule has 1 aromatic heterocycles. The SMILES string of the molecule is C[NH2+][C@@H](C)Cc1ccc2ccoc2c1. The summed E-state index contributed by atoms with van der Waals surface area (Å²) >= 11 is 0. The lowest BCUT2D eigenvalue weighted by Gasteiger charge is -2.06. The van der Waals surface area contributed by atoms with Gasteiger partial charge in [-0.2, -0.15) is 0 Å². The van der Waals surface area contributed by atoms with Gasteiger partial charge in [-0.3, -0.25) is 0 Å². The van der Waals surface area contributed by atoms with Gasteiger partial charge in [-0.05, 0) is 24.6 Å². The lowest BCUT2D eigenvalue weighted by atomic mass is 10.1. The lowest BCUT2D eigenvalue weighted by Crippen LogP contribution is -2.85. The van der Waals surface area contributed by atoms with E-state index in [9.17, 15) is 0 Å². The topological polar surface area (TPSA) is 29.8 Å². The van der Waals surface area contributed by atoms with Crippen LogP contribution in [0, 0.1) is 0 Å². The van der Waals surface area contributed by atoms with Gasteiger partial charge < -0.3 is 9.73 Å². The maximum Gasteiger partial charge on any atom is 0.134 e. The Morgan fingerprint density at radius 2 is 2.21 bits per heavy atom. The summed E-state index contributed by atoms with van der Waals surface area (Å²) in [4.78, 5) is 0. The highest BCUT2D eigenvalue weighted by Crippen LogP contribution is 2.17. The Morgan fingerprint density at radius 1 is 1.36 bits per heavy atom. The molecule has 1 atom stereocenters. The number of quaternary nitrogens is 1. The Morgan fingerprint density at radius 3 is 3.00 bits per heavy atom. The molecule has 14 heavy (non-hydrogen) atoms. The number of rotatable bonds is 3. The van der Waals surface area contributed by atoms with Gasteiger partial charge in [0, 0.05) is 11.8 Å². The summed E-state index contributed by atoms with van der Waals surface area (Å²) in [6.45, 7) is 2.23. The highest BCUT2D eigenvalue weighted by Gasteiger charge is 2.05. The van der Waals surface area contributed by atoms with E-state index in [2.05, 4.69) is 37.5 Å². The van der Waals surface area contributed by atoms with Crippen LogP contribution in [0.3, 0.4) is 0 Å². The summed E-state index contributed by atoms with van der Waals surface area (Å²) < 4.78 is 5.36. The molecule has 0 unspecified atom stereocenters. The first kappa shape index (κ1) is 9.28. The molecule has 2 nitrogen and oxygen atoms in total. The zero-order valence-corrected chi connectivity index (χ0v) is 8.66. The van der Waals surface area contributed by atoms with Crippen LogP contribution in [-0.4, -0.2) is 13.1 Å². The third kappa shape index (κ3) is 1.80. The van der Waals surface area contributed by atoms with E-state index in [1.165, 1.54) is 10.9 Å². The van der Waals surface area contributed by atoms with Crippen molar-refractivity contribution in [3.63, 3.8) is 0 Å². The van der Waals surface area contributed by atoms with E-state index in [4.69, 9.17) is 4.42 Å². The summed E-state index contributed by atoms with van der Waals surface area (Å²) in [6, 6.07) is 9.06. The molecule has 0 aliphatic carbocycles. The molecule has 0 bridgehead atoms. The monoisotopic (exact) mass is 190 g/mol. The van der Waals surface area contributed by atoms with Gasteiger partial charge in [0.15, 0.2) is 0 Å². The molecule has 2 heteroatoms. The van der Waals surface area contributed by atoms with Crippen LogP contribution in [0.4, 0.5) is 0 Å². The van der Waals surface area contributed by atoms with Gasteiger partial charge in [0.1, 0.15) is 5.58 Å². The predicted molar refractivity (Wildman–Crippen MR) is 57.2 cm³/mol. The lowest BCUT2D eigenvalue weighted by molar-refractivity contribution is -0.659. The van der Waals surface area contributed by atoms with Gasteiger partial charge in [-0.15, -0.1) is 0 Å². The molecule has 1 heterocycles. The van der Waals surface area contributed by atoms with Crippen LogP contribution in [0.15, 0.2) is 34.9 Å². The van der Waals surface area contributed by atoms with E-state index in [-0.39, 0.29) is 0 Å². The first-order valence-corrected chi connectivity index (χ1v) is 5.05. The number of nitrogens with two attached hydrogens (primary N) is 1. The Balaban J connectivity index is 2.25. The van der Waals surface area contributed by atoms with Crippen LogP contribution in [0.1, 0.15) is 12.5 Å². The van der Waals surface area contributed by atoms with Crippen molar-refractivity contribution in [3.8, 4) is 0 Å². The van der Waals surface area contributed by atoms with Crippen molar-refractivity contribution in [2.24, 2.45) is 0 Å². The minimum Gasteiger partial charge on any atom is -0.464 e. The van der Waals surface area contributed by atoms with Crippen molar-refractivity contribution in [2.75, 3.05) is 7.05 Å². The van der Waals surface area contributed by atoms with E-state index in [1.54, 1.807) is 6.26 Å². The van der Waals surface area contributed by atoms with Crippen LogP contribution in [0.5, 0.6) is 0 Å². The molecule has 0 radical (unpaired) electrons. The van der Waals surface area contributed by atoms with E-state index in [1.807, 2.05) is 6.07 Å². The van der Waals surface area contributed by atoms with Gasteiger partial charge in [0.25, 0.3) is 0 Å². The van der Waals surface area contributed by atoms with Crippen molar-refractivity contribution in [3.05, 3.63) is 36.1 Å². The first-order valence-electron chi connectivity index (χ1n) is 5.05. The van der Waals surface area contributed by atoms with Crippen molar-refractivity contribution in [1.29, 1.82) is 0 Å². The minimum atomic E-state index is 0.627. The largest absolute Gasteiger partial charge is 0.464 e. The second kappa shape index (κ2) is 3.84. The van der Waals surface area contributed by atoms with Crippen molar-refractivity contribution in [2.45, 2.75) is 19.4 Å². The van der Waals surface area contributed by atoms with Gasteiger partial charge in [-0.1, -0.05) is 12.1 Å². The van der Waals surface area contributed by atoms with Gasteiger partial charge in [0.2, 0.25) is 0 Å². The molecular weight excluding hydrogens is 174 g/mol. The maximum absolute atomic E-state index is 5.36. The van der Waals surface area contributed by atoms with Crippen molar-refractivity contribution < 1.29 is 9.73 Å². The second-order valence-corrected chi connectivity index (χ2v) is 3.81. The molecular formula is C12H16NO+. The Hall–Kier alpha value is -1.28. The fraction of sp³-hybridized carbons (Fsp3) is 0.333. The molecule has 74 valence electrons. The highest BCUT2D eigenvalue weighted by molar-refractivity contribution is 5.77. The number of benzene rings is 1. The molecule has 0 fully saturated rings. The molecule has 2 N–H and O–H groups in total. The van der Waals surface area contributed by atoms with E-state index in [0.29, 0.717) is 6.04 Å². The molecule has 0 saturated carbocycles. The molecule has 0 aliphatic heterocycles. The third-order valence-corrected chi connectivity index (χ3v) is 2.65. The summed E-state index contributed by atoms with van der Waals surface area (Å²) in [7, 11) is 2.11. The van der Waals surface area contributed by atoms with Gasteiger partial charge in [-0.25, -0.2) is 0 Å². The molecule has 2 aromatic rings. The average molecular weight is 190 g/mol. The third-order valence-electron chi connectivity index (χ3n) is 2.65. The maximum atomic E-state index is 5.36. The summed E-state index contributed by atoms with van der Waals surface area (Å²) in [6.07, 6.45) is 2.83. The molecule has 0 aliphatic rings. The summed E-state index contributed by atoms with van der Waals surface area (Å²) in [5.41, 5.74) is 2.34. The predicted octanol–water partition coefficient (Wildman–Crippen LogP) is 1.56. The second-order valence-electron chi connectivity index (χ2n) is 3.81. The molecule has 1 aromatic carbocycles. The zero-order valence-electron chi connectivity index (χ0n) is 8.66. The molecule has 0 spiro atoms. The number of likely N-dealkylation sites (N-methyl/N-ethyl adjacent to an activating group) is 1. The fourth-order valence-electron chi connectivity index (χ4n) is 1.62. The average Bonchev–Trinajstić information content (AvgIpc) is 2.64. The summed E-state index contributed by atoms with van der Waals surface area (Å²) in [5, 5.41) is 3.41. The first-order chi connectivity index (χ1) is 6.79. The van der Waals surface area contributed by atoms with Gasteiger partial charge in [0.05, 0.1) is 19.4 Å². The smallest absolute Gasteiger partial charge is 0.134 e. The standard InChI is InChI=1S/C12H15NO/c1-9(13-2)7-10-3-4-11-5-6-14-12(11)8-10/h3-6,8-9,13H,7H2,1-2H3/p+1/t9-/m0/s1. The van der Waals surface area contributed by atoms with Crippen LogP contribution in [-0.2, 0) is 6.42 Å². The normalized spacial score (nSPS) is 13.3. The number of hydrogen-bond acceptors (Lipinski definition) is 1. The Bertz CT molecular complexity index is 419. The number of fused-ring (bicyclic) bond motifs is 1. The fourth-order valence-corrected chi connectivity index (χ4v) is 1.62. The van der Waals surface area contributed by atoms with Crippen LogP contribution < -0.4 is 5.32 Å². The van der Waals surface area contributed by atoms with E-state index in [0.717, 1.165) is 12.0 Å².